The van der Waals surface area contributed by atoms with Gasteiger partial charge >= 0.3 is 0 Å². The lowest BCUT2D eigenvalue weighted by Gasteiger charge is -2.33. The van der Waals surface area contributed by atoms with Crippen molar-refractivity contribution >= 4 is 30.3 Å². The Hall–Kier alpha value is 0.170. The van der Waals surface area contributed by atoms with Crippen molar-refractivity contribution in [2.24, 2.45) is 0 Å². The molecule has 0 bridgehead atoms. The Bertz CT molecular complexity index is 137. The first-order valence-corrected chi connectivity index (χ1v) is 4.19. The zero-order valence-corrected chi connectivity index (χ0v) is 8.64. The summed E-state index contributed by atoms with van der Waals surface area (Å²) >= 11 is 5.73. The molecule has 1 rings (SSSR count). The van der Waals surface area contributed by atoms with Crippen molar-refractivity contribution in [2.45, 2.75) is 5.50 Å². The molecule has 0 aromatic heterocycles. The van der Waals surface area contributed by atoms with Gasteiger partial charge < -0.3 is 9.69 Å². The maximum atomic E-state index is 10.3. The summed E-state index contributed by atoms with van der Waals surface area (Å²) in [5.41, 5.74) is -0.427. The van der Waals surface area contributed by atoms with Gasteiger partial charge in [0.15, 0.2) is 6.29 Å². The maximum absolute atomic E-state index is 10.3. The number of halogens is 2. The van der Waals surface area contributed by atoms with Gasteiger partial charge in [-0.1, -0.05) is 11.6 Å². The van der Waals surface area contributed by atoms with Crippen molar-refractivity contribution in [1.82, 2.24) is 9.80 Å². The highest BCUT2D eigenvalue weighted by molar-refractivity contribution is 6.27. The number of likely N-dealkylation sites (N-methyl/N-ethyl adjacent to an activating group) is 1. The van der Waals surface area contributed by atoms with E-state index in [-0.39, 0.29) is 12.4 Å². The van der Waals surface area contributed by atoms with Gasteiger partial charge in [0.05, 0.1) is 0 Å². The fraction of sp³-hybridized carbons (Fsp3) is 0.857. The maximum Gasteiger partial charge on any atom is 0.152 e. The van der Waals surface area contributed by atoms with E-state index in [1.54, 1.807) is 0 Å². The highest BCUT2D eigenvalue weighted by atomic mass is 35.5. The summed E-state index contributed by atoms with van der Waals surface area (Å²) in [6, 6.07) is 0. The molecule has 0 spiro atoms. The van der Waals surface area contributed by atoms with Crippen LogP contribution >= 0.6 is 24.0 Å². The highest BCUT2D eigenvalue weighted by Crippen LogP contribution is 2.05. The molecule has 0 unspecified atom stereocenters. The van der Waals surface area contributed by atoms with E-state index in [4.69, 9.17) is 11.6 Å². The first kappa shape index (κ1) is 12.2. The van der Waals surface area contributed by atoms with Crippen LogP contribution in [0.4, 0.5) is 0 Å². The Balaban J connectivity index is 0.00000121. The number of alkyl halides is 1. The van der Waals surface area contributed by atoms with Gasteiger partial charge in [-0.15, -0.1) is 12.4 Å². The molecule has 72 valence electrons. The minimum Gasteiger partial charge on any atom is -0.304 e. The van der Waals surface area contributed by atoms with Crippen LogP contribution in [0.15, 0.2) is 0 Å². The molecule has 1 saturated heterocycles. The van der Waals surface area contributed by atoms with Crippen molar-refractivity contribution < 1.29 is 4.79 Å². The zero-order valence-electron chi connectivity index (χ0n) is 7.07. The third-order valence-electron chi connectivity index (χ3n) is 2.00. The van der Waals surface area contributed by atoms with E-state index in [9.17, 15) is 4.79 Å². The number of nitrogens with zero attached hydrogens (tertiary/aromatic N) is 2. The van der Waals surface area contributed by atoms with Gasteiger partial charge in [0, 0.05) is 26.2 Å². The van der Waals surface area contributed by atoms with Crippen molar-refractivity contribution in [3.63, 3.8) is 0 Å². The number of hydrogen-bond donors (Lipinski definition) is 0. The summed E-state index contributed by atoms with van der Waals surface area (Å²) in [5.74, 6) is 0. The minimum absolute atomic E-state index is 0. The van der Waals surface area contributed by atoms with Crippen LogP contribution in [-0.2, 0) is 4.79 Å². The van der Waals surface area contributed by atoms with Crippen molar-refractivity contribution in [3.8, 4) is 0 Å². The lowest BCUT2D eigenvalue weighted by atomic mass is 10.3. The molecular weight excluding hydrogens is 199 g/mol. The van der Waals surface area contributed by atoms with E-state index in [1.165, 1.54) is 0 Å². The molecule has 1 heterocycles. The van der Waals surface area contributed by atoms with E-state index in [1.807, 2.05) is 4.90 Å². The predicted molar refractivity (Wildman–Crippen MR) is 52.0 cm³/mol. The van der Waals surface area contributed by atoms with Crippen molar-refractivity contribution in [1.29, 1.82) is 0 Å². The lowest BCUT2D eigenvalue weighted by molar-refractivity contribution is -0.110. The summed E-state index contributed by atoms with van der Waals surface area (Å²) in [7, 11) is 2.07. The van der Waals surface area contributed by atoms with E-state index >= 15 is 0 Å². The van der Waals surface area contributed by atoms with Gasteiger partial charge in [-0.25, -0.2) is 0 Å². The van der Waals surface area contributed by atoms with Crippen LogP contribution in [0.5, 0.6) is 0 Å². The molecule has 1 fully saturated rings. The fourth-order valence-corrected chi connectivity index (χ4v) is 1.35. The van der Waals surface area contributed by atoms with E-state index in [2.05, 4.69) is 11.9 Å². The Morgan fingerprint density at radius 2 is 1.83 bits per heavy atom. The van der Waals surface area contributed by atoms with Crippen LogP contribution < -0.4 is 0 Å². The fourth-order valence-electron chi connectivity index (χ4n) is 1.15. The Labute approximate surface area is 84.1 Å². The number of hydrogen-bond acceptors (Lipinski definition) is 3. The number of carbonyl (C=O) groups is 1. The zero-order chi connectivity index (χ0) is 8.27. The molecule has 0 radical (unpaired) electrons. The van der Waals surface area contributed by atoms with E-state index in [0.717, 1.165) is 32.5 Å². The Kier molecular flexibility index (Phi) is 5.84. The number of carbonyl (C=O) groups excluding carboxylic acids is 1. The SMILES string of the molecule is CN1CCN([C@@H](Cl)C=O)CC1.Cl. The molecule has 5 heteroatoms. The first-order valence-electron chi connectivity index (χ1n) is 3.76. The predicted octanol–water partition coefficient (Wildman–Crippen LogP) is 0.419. The van der Waals surface area contributed by atoms with Crippen LogP contribution in [0.25, 0.3) is 0 Å². The third kappa shape index (κ3) is 3.27. The van der Waals surface area contributed by atoms with Gasteiger partial charge in [0.2, 0.25) is 0 Å². The van der Waals surface area contributed by atoms with E-state index < -0.39 is 5.50 Å². The lowest BCUT2D eigenvalue weighted by Crippen LogP contribution is -2.47. The summed E-state index contributed by atoms with van der Waals surface area (Å²) in [4.78, 5) is 14.5. The molecule has 3 nitrogen and oxygen atoms in total. The summed E-state index contributed by atoms with van der Waals surface area (Å²) in [6.07, 6.45) is 0.785. The van der Waals surface area contributed by atoms with Gasteiger partial charge in [-0.05, 0) is 7.05 Å². The van der Waals surface area contributed by atoms with Crippen molar-refractivity contribution in [2.75, 3.05) is 33.2 Å². The number of piperazine rings is 1. The molecule has 1 aliphatic heterocycles. The van der Waals surface area contributed by atoms with Gasteiger partial charge in [0.25, 0.3) is 0 Å². The average Bonchev–Trinajstić information content (AvgIpc) is 2.05. The molecule has 0 N–H and O–H groups in total. The largest absolute Gasteiger partial charge is 0.304 e. The van der Waals surface area contributed by atoms with Gasteiger partial charge in [-0.3, -0.25) is 4.90 Å². The van der Waals surface area contributed by atoms with Crippen LogP contribution in [0.3, 0.4) is 0 Å². The monoisotopic (exact) mass is 212 g/mol. The molecule has 0 aromatic rings. The molecule has 0 aromatic carbocycles. The van der Waals surface area contributed by atoms with Crippen LogP contribution in [0.1, 0.15) is 0 Å². The first-order chi connectivity index (χ1) is 5.24. The van der Waals surface area contributed by atoms with Gasteiger partial charge in [-0.2, -0.15) is 0 Å². The smallest absolute Gasteiger partial charge is 0.152 e. The number of rotatable bonds is 2. The van der Waals surface area contributed by atoms with Crippen LogP contribution in [0.2, 0.25) is 0 Å². The standard InChI is InChI=1S/C7H13ClN2O.ClH/c1-9-2-4-10(5-3-9)7(8)6-11;/h6-7H,2-5H2,1H3;1H/t7-;/m1./s1. The minimum atomic E-state index is -0.427. The molecule has 0 aliphatic carbocycles. The molecule has 1 aliphatic rings. The normalized spacial score (nSPS) is 22.8. The summed E-state index contributed by atoms with van der Waals surface area (Å²) < 4.78 is 0. The quantitative estimate of drug-likeness (QED) is 0.377. The highest BCUT2D eigenvalue weighted by Gasteiger charge is 2.19. The molecule has 1 atom stereocenters. The molecule has 12 heavy (non-hydrogen) atoms. The Morgan fingerprint density at radius 1 is 1.33 bits per heavy atom. The van der Waals surface area contributed by atoms with Crippen molar-refractivity contribution in [3.05, 3.63) is 0 Å². The summed E-state index contributed by atoms with van der Waals surface area (Å²) in [6.45, 7) is 3.78. The third-order valence-corrected chi connectivity index (χ3v) is 2.38. The molecule has 0 saturated carbocycles. The van der Waals surface area contributed by atoms with E-state index in [0.29, 0.717) is 0 Å². The second-order valence-electron chi connectivity index (χ2n) is 2.85. The number of aldehydes is 1. The second-order valence-corrected chi connectivity index (χ2v) is 3.30. The van der Waals surface area contributed by atoms with Gasteiger partial charge in [0.1, 0.15) is 5.50 Å². The summed E-state index contributed by atoms with van der Waals surface area (Å²) in [5, 5.41) is 0. The second kappa shape index (κ2) is 5.75. The topological polar surface area (TPSA) is 23.6 Å². The van der Waals surface area contributed by atoms with Crippen LogP contribution in [0, 0.1) is 0 Å². The average molecular weight is 213 g/mol. The van der Waals surface area contributed by atoms with Crippen LogP contribution in [-0.4, -0.2) is 54.8 Å². The Morgan fingerprint density at radius 3 is 2.25 bits per heavy atom. The molecular formula is C7H14Cl2N2O. The molecule has 0 amide bonds.